The minimum absolute atomic E-state index is 0.231. The van der Waals surface area contributed by atoms with Gasteiger partial charge in [0.15, 0.2) is 0 Å². The molecule has 0 unspecified atom stereocenters. The highest BCUT2D eigenvalue weighted by atomic mass is 32.1. The maximum atomic E-state index is 12.9. The van der Waals surface area contributed by atoms with E-state index < -0.39 is 0 Å². The first kappa shape index (κ1) is 14.0. The summed E-state index contributed by atoms with van der Waals surface area (Å²) in [5.41, 5.74) is 1.91. The van der Waals surface area contributed by atoms with Crippen LogP contribution in [-0.2, 0) is 13.1 Å². The van der Waals surface area contributed by atoms with Crippen LogP contribution in [0.2, 0.25) is 0 Å². The van der Waals surface area contributed by atoms with Crippen LogP contribution in [0.15, 0.2) is 46.2 Å². The predicted octanol–water partition coefficient (Wildman–Crippen LogP) is 4.14. The molecular formula is C16H15FN2OS. The molecule has 2 aromatic heterocycles. The van der Waals surface area contributed by atoms with Gasteiger partial charge < -0.3 is 9.73 Å². The van der Waals surface area contributed by atoms with Gasteiger partial charge in [-0.1, -0.05) is 0 Å². The number of nitrogens with one attached hydrogen (secondary N) is 1. The van der Waals surface area contributed by atoms with Crippen LogP contribution in [0.4, 0.5) is 4.39 Å². The molecule has 3 aromatic rings. The lowest BCUT2D eigenvalue weighted by molar-refractivity contribution is 0.461. The summed E-state index contributed by atoms with van der Waals surface area (Å²) in [6.07, 6.45) is 0. The molecule has 2 heterocycles. The summed E-state index contributed by atoms with van der Waals surface area (Å²) < 4.78 is 18.4. The van der Waals surface area contributed by atoms with Gasteiger partial charge in [0.1, 0.15) is 22.3 Å². The number of thiazole rings is 1. The fourth-order valence-corrected chi connectivity index (χ4v) is 2.83. The average Bonchev–Trinajstić information content (AvgIpc) is 3.09. The molecule has 1 N–H and O–H groups in total. The molecule has 1 aromatic carbocycles. The Balaban J connectivity index is 1.59. The SMILES string of the molecule is Cc1ccc(CNCc2csc(-c3ccc(F)cc3)n2)o1. The Labute approximate surface area is 126 Å². The van der Waals surface area contributed by atoms with Crippen molar-refractivity contribution in [3.63, 3.8) is 0 Å². The largest absolute Gasteiger partial charge is 0.465 e. The maximum absolute atomic E-state index is 12.9. The van der Waals surface area contributed by atoms with E-state index in [4.69, 9.17) is 4.42 Å². The molecule has 0 amide bonds. The lowest BCUT2D eigenvalue weighted by Gasteiger charge is -1.99. The van der Waals surface area contributed by atoms with E-state index in [9.17, 15) is 4.39 Å². The number of aromatic nitrogens is 1. The van der Waals surface area contributed by atoms with Crippen LogP contribution < -0.4 is 5.32 Å². The van der Waals surface area contributed by atoms with E-state index in [1.807, 2.05) is 24.4 Å². The highest BCUT2D eigenvalue weighted by Gasteiger charge is 2.05. The number of furan rings is 1. The molecule has 21 heavy (non-hydrogen) atoms. The average molecular weight is 302 g/mol. The van der Waals surface area contributed by atoms with Crippen molar-refractivity contribution in [3.8, 4) is 10.6 Å². The molecule has 0 spiro atoms. The monoisotopic (exact) mass is 302 g/mol. The Morgan fingerprint density at radius 1 is 1.14 bits per heavy atom. The van der Waals surface area contributed by atoms with Crippen LogP contribution in [0.25, 0.3) is 10.6 Å². The summed E-state index contributed by atoms with van der Waals surface area (Å²) in [7, 11) is 0. The molecule has 0 atom stereocenters. The minimum Gasteiger partial charge on any atom is -0.465 e. The van der Waals surface area contributed by atoms with Gasteiger partial charge in [0.25, 0.3) is 0 Å². The van der Waals surface area contributed by atoms with Crippen molar-refractivity contribution in [2.24, 2.45) is 0 Å². The van der Waals surface area contributed by atoms with Crippen molar-refractivity contribution >= 4 is 11.3 Å². The molecule has 0 aliphatic heterocycles. The predicted molar refractivity (Wildman–Crippen MR) is 81.5 cm³/mol. The molecule has 0 radical (unpaired) electrons. The fraction of sp³-hybridized carbons (Fsp3) is 0.188. The third kappa shape index (κ3) is 3.56. The summed E-state index contributed by atoms with van der Waals surface area (Å²) in [6.45, 7) is 3.29. The van der Waals surface area contributed by atoms with Gasteiger partial charge >= 0.3 is 0 Å². The maximum Gasteiger partial charge on any atom is 0.123 e. The fourth-order valence-electron chi connectivity index (χ4n) is 2.01. The number of benzene rings is 1. The highest BCUT2D eigenvalue weighted by molar-refractivity contribution is 7.13. The smallest absolute Gasteiger partial charge is 0.123 e. The Kier molecular flexibility index (Phi) is 4.13. The molecule has 0 aliphatic carbocycles. The van der Waals surface area contributed by atoms with E-state index in [1.165, 1.54) is 12.1 Å². The highest BCUT2D eigenvalue weighted by Crippen LogP contribution is 2.23. The van der Waals surface area contributed by atoms with Crippen LogP contribution in [0.5, 0.6) is 0 Å². The first-order chi connectivity index (χ1) is 10.2. The van der Waals surface area contributed by atoms with Gasteiger partial charge in [-0.15, -0.1) is 11.3 Å². The van der Waals surface area contributed by atoms with Crippen molar-refractivity contribution < 1.29 is 8.81 Å². The Morgan fingerprint density at radius 2 is 1.95 bits per heavy atom. The zero-order valence-electron chi connectivity index (χ0n) is 11.6. The number of rotatable bonds is 5. The van der Waals surface area contributed by atoms with E-state index >= 15 is 0 Å². The van der Waals surface area contributed by atoms with Crippen LogP contribution in [0.3, 0.4) is 0 Å². The van der Waals surface area contributed by atoms with Gasteiger partial charge in [0.2, 0.25) is 0 Å². The van der Waals surface area contributed by atoms with Gasteiger partial charge in [-0.2, -0.15) is 0 Å². The number of halogens is 1. The molecule has 0 bridgehead atoms. The van der Waals surface area contributed by atoms with Gasteiger partial charge in [0.05, 0.1) is 12.2 Å². The number of hydrogen-bond acceptors (Lipinski definition) is 4. The lowest BCUT2D eigenvalue weighted by Crippen LogP contribution is -2.12. The normalized spacial score (nSPS) is 11.0. The Bertz CT molecular complexity index is 718. The first-order valence-electron chi connectivity index (χ1n) is 6.67. The van der Waals surface area contributed by atoms with Gasteiger partial charge in [-0.25, -0.2) is 9.37 Å². The number of hydrogen-bond donors (Lipinski definition) is 1. The van der Waals surface area contributed by atoms with E-state index in [1.54, 1.807) is 23.5 Å². The van der Waals surface area contributed by atoms with Gasteiger partial charge in [-0.3, -0.25) is 0 Å². The minimum atomic E-state index is -0.231. The van der Waals surface area contributed by atoms with Crippen molar-refractivity contribution in [2.75, 3.05) is 0 Å². The lowest BCUT2D eigenvalue weighted by atomic mass is 10.2. The molecule has 0 saturated carbocycles. The van der Waals surface area contributed by atoms with Crippen LogP contribution in [-0.4, -0.2) is 4.98 Å². The number of aryl methyl sites for hydroxylation is 1. The Hall–Kier alpha value is -1.98. The second-order valence-electron chi connectivity index (χ2n) is 4.77. The van der Waals surface area contributed by atoms with Crippen LogP contribution in [0, 0.1) is 12.7 Å². The zero-order valence-corrected chi connectivity index (χ0v) is 12.4. The van der Waals surface area contributed by atoms with Crippen LogP contribution >= 0.6 is 11.3 Å². The van der Waals surface area contributed by atoms with Gasteiger partial charge in [-0.05, 0) is 43.3 Å². The standard InChI is InChI=1S/C16H15FN2OS/c1-11-2-7-15(20-11)9-18-8-14-10-21-16(19-14)12-3-5-13(17)6-4-12/h2-7,10,18H,8-9H2,1H3. The summed E-state index contributed by atoms with van der Waals surface area (Å²) >= 11 is 1.56. The van der Waals surface area contributed by atoms with Crippen molar-refractivity contribution in [1.29, 1.82) is 0 Å². The second kappa shape index (κ2) is 6.20. The summed E-state index contributed by atoms with van der Waals surface area (Å²) in [5, 5.41) is 6.21. The van der Waals surface area contributed by atoms with E-state index in [0.717, 1.165) is 27.8 Å². The van der Waals surface area contributed by atoms with Crippen molar-refractivity contribution in [2.45, 2.75) is 20.0 Å². The molecule has 3 rings (SSSR count). The molecule has 5 heteroatoms. The third-order valence-corrected chi connectivity index (χ3v) is 3.98. The Morgan fingerprint density at radius 3 is 2.67 bits per heavy atom. The molecule has 0 saturated heterocycles. The topological polar surface area (TPSA) is 38.1 Å². The van der Waals surface area contributed by atoms with Crippen molar-refractivity contribution in [1.82, 2.24) is 10.3 Å². The third-order valence-electron chi connectivity index (χ3n) is 3.04. The van der Waals surface area contributed by atoms with Gasteiger partial charge in [0, 0.05) is 17.5 Å². The summed E-state index contributed by atoms with van der Waals surface area (Å²) in [5.74, 6) is 1.60. The molecule has 108 valence electrons. The zero-order chi connectivity index (χ0) is 14.7. The van der Waals surface area contributed by atoms with E-state index in [2.05, 4.69) is 10.3 Å². The van der Waals surface area contributed by atoms with Crippen LogP contribution in [0.1, 0.15) is 17.2 Å². The van der Waals surface area contributed by atoms with E-state index in [0.29, 0.717) is 13.1 Å². The number of nitrogens with zero attached hydrogens (tertiary/aromatic N) is 1. The summed E-state index contributed by atoms with van der Waals surface area (Å²) in [4.78, 5) is 4.55. The van der Waals surface area contributed by atoms with E-state index in [-0.39, 0.29) is 5.82 Å². The second-order valence-corrected chi connectivity index (χ2v) is 5.62. The molecular weight excluding hydrogens is 287 g/mol. The quantitative estimate of drug-likeness (QED) is 0.769. The summed E-state index contributed by atoms with van der Waals surface area (Å²) in [6, 6.07) is 10.3. The first-order valence-corrected chi connectivity index (χ1v) is 7.55. The van der Waals surface area contributed by atoms with Crippen molar-refractivity contribution in [3.05, 3.63) is 64.8 Å². The molecule has 3 nitrogen and oxygen atoms in total. The molecule has 0 fully saturated rings. The molecule has 0 aliphatic rings.